The molecule has 0 unspecified atom stereocenters. The smallest absolute Gasteiger partial charge is 0.410 e. The molecule has 2 aromatic carbocycles. The van der Waals surface area contributed by atoms with E-state index in [-0.39, 0.29) is 23.9 Å². The lowest BCUT2D eigenvalue weighted by Gasteiger charge is -2.49. The molecule has 2 aliphatic rings. The van der Waals surface area contributed by atoms with Gasteiger partial charge in [-0.3, -0.25) is 10.1 Å². The third kappa shape index (κ3) is 4.32. The number of benzene rings is 2. The number of rotatable bonds is 4. The van der Waals surface area contributed by atoms with Crippen molar-refractivity contribution in [1.82, 2.24) is 9.21 Å². The van der Waals surface area contributed by atoms with Gasteiger partial charge in [0.1, 0.15) is 5.60 Å². The second kappa shape index (κ2) is 8.11. The molecule has 0 N–H and O–H groups in total. The highest BCUT2D eigenvalue weighted by molar-refractivity contribution is 7.89. The number of amides is 1. The SMILES string of the molecule is CC(C)(C)OC(=O)N1C[C@H](c2ccccc2)C2(C1)CN(S(=O)(=O)c1ccccc1[N+](=O)[O-])C2. The van der Waals surface area contributed by atoms with E-state index in [2.05, 4.69) is 0 Å². The summed E-state index contributed by atoms with van der Waals surface area (Å²) in [6.07, 6.45) is -0.430. The Balaban J connectivity index is 1.62. The number of carbonyl (C=O) groups is 1. The van der Waals surface area contributed by atoms with E-state index in [1.807, 2.05) is 30.3 Å². The predicted octanol–water partition coefficient (Wildman–Crippen LogP) is 3.62. The lowest BCUT2D eigenvalue weighted by atomic mass is 9.70. The monoisotopic (exact) mass is 473 g/mol. The Kier molecular flexibility index (Phi) is 5.69. The molecule has 176 valence electrons. The number of sulfonamides is 1. The van der Waals surface area contributed by atoms with Gasteiger partial charge < -0.3 is 9.64 Å². The first-order chi connectivity index (χ1) is 15.4. The highest BCUT2D eigenvalue weighted by Crippen LogP contribution is 2.51. The lowest BCUT2D eigenvalue weighted by molar-refractivity contribution is -0.387. The number of ether oxygens (including phenoxy) is 1. The average molecular weight is 474 g/mol. The van der Waals surface area contributed by atoms with Crippen molar-refractivity contribution in [3.05, 3.63) is 70.3 Å². The van der Waals surface area contributed by atoms with Crippen molar-refractivity contribution in [2.24, 2.45) is 5.41 Å². The van der Waals surface area contributed by atoms with Crippen LogP contribution in [0.3, 0.4) is 0 Å². The van der Waals surface area contributed by atoms with Crippen molar-refractivity contribution < 1.29 is 22.9 Å². The minimum Gasteiger partial charge on any atom is -0.444 e. The summed E-state index contributed by atoms with van der Waals surface area (Å²) < 4.78 is 33.3. The van der Waals surface area contributed by atoms with E-state index in [4.69, 9.17) is 4.74 Å². The maximum absolute atomic E-state index is 13.2. The molecular formula is C23H27N3O6S. The fraction of sp³-hybridized carbons (Fsp3) is 0.435. The fourth-order valence-electron chi connectivity index (χ4n) is 4.69. The molecule has 4 rings (SSSR count). The summed E-state index contributed by atoms with van der Waals surface area (Å²) in [6.45, 7) is 6.50. The summed E-state index contributed by atoms with van der Waals surface area (Å²) in [6, 6.07) is 15.1. The topological polar surface area (TPSA) is 110 Å². The van der Waals surface area contributed by atoms with Crippen LogP contribution in [0.25, 0.3) is 0 Å². The first-order valence-corrected chi connectivity index (χ1v) is 12.1. The summed E-state index contributed by atoms with van der Waals surface area (Å²) in [7, 11) is -4.06. The highest BCUT2D eigenvalue weighted by atomic mass is 32.2. The quantitative estimate of drug-likeness (QED) is 0.495. The van der Waals surface area contributed by atoms with Gasteiger partial charge in [0, 0.05) is 43.6 Å². The van der Waals surface area contributed by atoms with Crippen LogP contribution in [0, 0.1) is 15.5 Å². The molecule has 33 heavy (non-hydrogen) atoms. The maximum atomic E-state index is 13.2. The van der Waals surface area contributed by atoms with Gasteiger partial charge in [-0.25, -0.2) is 13.2 Å². The number of nitrogens with zero attached hydrogens (tertiary/aromatic N) is 3. The normalized spacial score (nSPS) is 20.5. The Hall–Kier alpha value is -2.98. The number of nitro benzene ring substituents is 1. The first-order valence-electron chi connectivity index (χ1n) is 10.7. The van der Waals surface area contributed by atoms with Gasteiger partial charge in [0.15, 0.2) is 4.90 Å². The fourth-order valence-corrected chi connectivity index (χ4v) is 6.48. The maximum Gasteiger partial charge on any atom is 0.410 e. The molecule has 2 aromatic rings. The molecule has 10 heteroatoms. The van der Waals surface area contributed by atoms with Crippen LogP contribution < -0.4 is 0 Å². The lowest BCUT2D eigenvalue weighted by Crippen LogP contribution is -2.61. The third-order valence-corrected chi connectivity index (χ3v) is 8.00. The van der Waals surface area contributed by atoms with Crippen LogP contribution >= 0.6 is 0 Å². The van der Waals surface area contributed by atoms with Crippen LogP contribution in [0.2, 0.25) is 0 Å². The molecule has 0 aromatic heterocycles. The number of para-hydroxylation sites is 1. The molecule has 1 atom stereocenters. The molecule has 0 bridgehead atoms. The van der Waals surface area contributed by atoms with E-state index in [9.17, 15) is 23.3 Å². The van der Waals surface area contributed by atoms with Gasteiger partial charge in [0.25, 0.3) is 5.69 Å². The molecule has 2 heterocycles. The van der Waals surface area contributed by atoms with E-state index in [1.54, 1.807) is 25.7 Å². The van der Waals surface area contributed by atoms with Crippen LogP contribution in [-0.2, 0) is 14.8 Å². The number of hydrogen-bond donors (Lipinski definition) is 0. The second-order valence-electron chi connectivity index (χ2n) is 9.68. The molecule has 2 aliphatic heterocycles. The largest absolute Gasteiger partial charge is 0.444 e. The summed E-state index contributed by atoms with van der Waals surface area (Å²) in [5, 5.41) is 11.4. The van der Waals surface area contributed by atoms with E-state index in [0.717, 1.165) is 5.56 Å². The van der Waals surface area contributed by atoms with E-state index >= 15 is 0 Å². The summed E-state index contributed by atoms with van der Waals surface area (Å²) in [5.74, 6) is -0.0802. The van der Waals surface area contributed by atoms with Crippen molar-refractivity contribution in [3.63, 3.8) is 0 Å². The molecule has 0 aliphatic carbocycles. The molecule has 1 spiro atoms. The molecular weight excluding hydrogens is 446 g/mol. The number of hydrogen-bond acceptors (Lipinski definition) is 6. The van der Waals surface area contributed by atoms with Gasteiger partial charge in [0.05, 0.1) is 4.92 Å². The molecule has 9 nitrogen and oxygen atoms in total. The molecule has 0 saturated carbocycles. The molecule has 0 radical (unpaired) electrons. The first kappa shape index (κ1) is 23.2. The van der Waals surface area contributed by atoms with E-state index < -0.39 is 37.7 Å². The molecule has 2 saturated heterocycles. The van der Waals surface area contributed by atoms with E-state index in [1.165, 1.54) is 28.6 Å². The van der Waals surface area contributed by atoms with Crippen LogP contribution in [-0.4, -0.2) is 60.4 Å². The zero-order valence-electron chi connectivity index (χ0n) is 18.8. The van der Waals surface area contributed by atoms with Gasteiger partial charge in [-0.2, -0.15) is 4.31 Å². The Labute approximate surface area is 193 Å². The Morgan fingerprint density at radius 3 is 2.27 bits per heavy atom. The molecule has 1 amide bonds. The zero-order chi connectivity index (χ0) is 24.0. The standard InChI is InChI=1S/C23H27N3O6S/c1-22(2,3)32-21(27)24-13-18(17-9-5-4-6-10-17)23(14-24)15-25(16-23)33(30,31)20-12-8-7-11-19(20)26(28)29/h4-12,18H,13-16H2,1-3H3/t18-/m1/s1. The van der Waals surface area contributed by atoms with Gasteiger partial charge in [0.2, 0.25) is 10.0 Å². The van der Waals surface area contributed by atoms with Gasteiger partial charge in [-0.15, -0.1) is 0 Å². The van der Waals surface area contributed by atoms with Crippen LogP contribution in [0.15, 0.2) is 59.5 Å². The average Bonchev–Trinajstić information content (AvgIpc) is 3.13. The van der Waals surface area contributed by atoms with Gasteiger partial charge in [-0.05, 0) is 32.4 Å². The minimum absolute atomic E-state index is 0.0802. The van der Waals surface area contributed by atoms with Crippen molar-refractivity contribution in [1.29, 1.82) is 0 Å². The summed E-state index contributed by atoms with van der Waals surface area (Å²) in [5.41, 5.74) is -0.559. The van der Waals surface area contributed by atoms with Crippen molar-refractivity contribution in [2.45, 2.75) is 37.2 Å². The van der Waals surface area contributed by atoms with Crippen LogP contribution in [0.5, 0.6) is 0 Å². The van der Waals surface area contributed by atoms with Gasteiger partial charge >= 0.3 is 6.09 Å². The number of likely N-dealkylation sites (tertiary alicyclic amines) is 1. The summed E-state index contributed by atoms with van der Waals surface area (Å²) in [4.78, 5) is 24.8. The summed E-state index contributed by atoms with van der Waals surface area (Å²) >= 11 is 0. The molecule has 2 fully saturated rings. The predicted molar refractivity (Wildman–Crippen MR) is 121 cm³/mol. The third-order valence-electron chi connectivity index (χ3n) is 6.16. The Morgan fingerprint density at radius 2 is 1.67 bits per heavy atom. The Bertz CT molecular complexity index is 1170. The van der Waals surface area contributed by atoms with Crippen LogP contribution in [0.1, 0.15) is 32.3 Å². The van der Waals surface area contributed by atoms with Gasteiger partial charge in [-0.1, -0.05) is 42.5 Å². The number of nitro groups is 1. The van der Waals surface area contributed by atoms with Crippen molar-refractivity contribution in [3.8, 4) is 0 Å². The minimum atomic E-state index is -4.06. The van der Waals surface area contributed by atoms with Crippen molar-refractivity contribution >= 4 is 21.8 Å². The zero-order valence-corrected chi connectivity index (χ0v) is 19.6. The Morgan fingerprint density at radius 1 is 1.06 bits per heavy atom. The number of carbonyl (C=O) groups excluding carboxylic acids is 1. The van der Waals surface area contributed by atoms with Crippen LogP contribution in [0.4, 0.5) is 10.5 Å². The van der Waals surface area contributed by atoms with Crippen molar-refractivity contribution in [2.75, 3.05) is 26.2 Å². The highest BCUT2D eigenvalue weighted by Gasteiger charge is 2.59. The van der Waals surface area contributed by atoms with E-state index in [0.29, 0.717) is 13.1 Å². The second-order valence-corrected chi connectivity index (χ2v) is 11.6.